The van der Waals surface area contributed by atoms with Gasteiger partial charge < -0.3 is 19.3 Å². The number of hydrogen-bond donors (Lipinski definition) is 1. The number of nitrogens with zero attached hydrogens (tertiary/aromatic N) is 2. The van der Waals surface area contributed by atoms with Crippen LogP contribution in [-0.4, -0.2) is 46.6 Å². The Bertz CT molecular complexity index is 903. The predicted molar refractivity (Wildman–Crippen MR) is 107 cm³/mol. The third-order valence-corrected chi connectivity index (χ3v) is 6.49. The van der Waals surface area contributed by atoms with E-state index in [1.54, 1.807) is 7.11 Å². The number of fused-ring (bicyclic) bond motifs is 1. The number of carboxylic acids is 1. The maximum atomic E-state index is 13.5. The molecule has 0 unspecified atom stereocenters. The van der Waals surface area contributed by atoms with Crippen LogP contribution in [0, 0.1) is 12.8 Å². The summed E-state index contributed by atoms with van der Waals surface area (Å²) in [6.45, 7) is 3.03. The monoisotopic (exact) mass is 384 g/mol. The van der Waals surface area contributed by atoms with E-state index in [0.29, 0.717) is 32.0 Å². The van der Waals surface area contributed by atoms with Gasteiger partial charge in [0.1, 0.15) is 5.75 Å². The predicted octanol–water partition coefficient (Wildman–Crippen LogP) is 4.01. The normalized spacial score (nSPS) is 18.7. The van der Waals surface area contributed by atoms with Crippen LogP contribution in [0.15, 0.2) is 18.2 Å². The van der Waals surface area contributed by atoms with Crippen LogP contribution < -0.4 is 4.74 Å². The molecule has 1 amide bonds. The van der Waals surface area contributed by atoms with Gasteiger partial charge in [0.25, 0.3) is 5.91 Å². The second-order valence-corrected chi connectivity index (χ2v) is 8.06. The van der Waals surface area contributed by atoms with Crippen molar-refractivity contribution in [3.63, 3.8) is 0 Å². The number of aromatic nitrogens is 1. The molecule has 1 saturated heterocycles. The SMILES string of the molecule is COc1ccc2c(c1)c(C(=O)N1CCC(C(=O)O)CC1)c(C)n2C1CCCC1. The molecule has 1 aromatic heterocycles. The van der Waals surface area contributed by atoms with E-state index in [1.165, 1.54) is 12.8 Å². The number of carbonyl (C=O) groups excluding carboxylic acids is 1. The Kier molecular flexibility index (Phi) is 5.04. The summed E-state index contributed by atoms with van der Waals surface area (Å²) in [4.78, 5) is 26.5. The van der Waals surface area contributed by atoms with Crippen molar-refractivity contribution in [2.45, 2.75) is 51.5 Å². The van der Waals surface area contributed by atoms with Gasteiger partial charge in [-0.3, -0.25) is 9.59 Å². The number of likely N-dealkylation sites (tertiary alicyclic amines) is 1. The zero-order valence-corrected chi connectivity index (χ0v) is 16.6. The van der Waals surface area contributed by atoms with Crippen LogP contribution in [0.4, 0.5) is 0 Å². The average Bonchev–Trinajstić information content (AvgIpc) is 3.32. The van der Waals surface area contributed by atoms with Crippen molar-refractivity contribution >= 4 is 22.8 Å². The molecular formula is C22H28N2O4. The minimum Gasteiger partial charge on any atom is -0.497 e. The van der Waals surface area contributed by atoms with Gasteiger partial charge in [0.05, 0.1) is 18.6 Å². The zero-order valence-electron chi connectivity index (χ0n) is 16.6. The summed E-state index contributed by atoms with van der Waals surface area (Å²) in [6, 6.07) is 6.42. The van der Waals surface area contributed by atoms with Crippen LogP contribution in [0.1, 0.15) is 60.6 Å². The van der Waals surface area contributed by atoms with E-state index in [1.807, 2.05) is 24.0 Å². The minimum atomic E-state index is -0.758. The van der Waals surface area contributed by atoms with Crippen molar-refractivity contribution < 1.29 is 19.4 Å². The Balaban J connectivity index is 1.74. The quantitative estimate of drug-likeness (QED) is 0.864. The summed E-state index contributed by atoms with van der Waals surface area (Å²) >= 11 is 0. The van der Waals surface area contributed by atoms with Crippen LogP contribution in [0.5, 0.6) is 5.75 Å². The molecule has 2 aromatic rings. The highest BCUT2D eigenvalue weighted by Crippen LogP contribution is 2.38. The molecule has 1 aliphatic carbocycles. The Labute approximate surface area is 165 Å². The molecule has 28 heavy (non-hydrogen) atoms. The van der Waals surface area contributed by atoms with Crippen LogP contribution >= 0.6 is 0 Å². The number of carboxylic acid groups (broad SMARTS) is 1. The number of ether oxygens (including phenoxy) is 1. The summed E-state index contributed by atoms with van der Waals surface area (Å²) < 4.78 is 7.76. The fourth-order valence-corrected chi connectivity index (χ4v) is 4.94. The van der Waals surface area contributed by atoms with Gasteiger partial charge in [-0.05, 0) is 50.8 Å². The van der Waals surface area contributed by atoms with Gasteiger partial charge in [-0.1, -0.05) is 12.8 Å². The molecule has 2 heterocycles. The molecule has 4 rings (SSSR count). The fraction of sp³-hybridized carbons (Fsp3) is 0.545. The summed E-state index contributed by atoms with van der Waals surface area (Å²) in [6.07, 6.45) is 5.79. The third kappa shape index (κ3) is 3.15. The molecule has 1 aliphatic heterocycles. The van der Waals surface area contributed by atoms with E-state index in [9.17, 15) is 14.7 Å². The first kappa shape index (κ1) is 18.8. The maximum Gasteiger partial charge on any atom is 0.306 e. The van der Waals surface area contributed by atoms with Gasteiger partial charge in [0.2, 0.25) is 0 Å². The summed E-state index contributed by atoms with van der Waals surface area (Å²) in [5.74, 6) is -0.345. The van der Waals surface area contributed by atoms with Gasteiger partial charge in [0, 0.05) is 35.7 Å². The van der Waals surface area contributed by atoms with E-state index in [0.717, 1.165) is 40.8 Å². The summed E-state index contributed by atoms with van der Waals surface area (Å²) in [7, 11) is 1.64. The molecule has 150 valence electrons. The lowest BCUT2D eigenvalue weighted by atomic mass is 9.96. The standard InChI is InChI=1S/C22H28N2O4/c1-14-20(21(25)23-11-9-15(10-12-23)22(26)27)18-13-17(28-2)7-8-19(18)24(14)16-5-3-4-6-16/h7-8,13,15-16H,3-6,9-12H2,1-2H3,(H,26,27). The number of rotatable bonds is 4. The first-order valence-corrected chi connectivity index (χ1v) is 10.2. The van der Waals surface area contributed by atoms with Crippen LogP contribution in [-0.2, 0) is 4.79 Å². The molecule has 2 fully saturated rings. The van der Waals surface area contributed by atoms with E-state index < -0.39 is 5.97 Å². The lowest BCUT2D eigenvalue weighted by Gasteiger charge is -2.30. The molecular weight excluding hydrogens is 356 g/mol. The molecule has 1 N–H and O–H groups in total. The molecule has 1 saturated carbocycles. The van der Waals surface area contributed by atoms with Crippen LogP contribution in [0.3, 0.4) is 0 Å². The number of piperidine rings is 1. The fourth-order valence-electron chi connectivity index (χ4n) is 4.94. The number of hydrogen-bond acceptors (Lipinski definition) is 3. The van der Waals surface area contributed by atoms with E-state index in [4.69, 9.17) is 4.74 Å². The molecule has 0 spiro atoms. The lowest BCUT2D eigenvalue weighted by molar-refractivity contribution is -0.143. The third-order valence-electron chi connectivity index (χ3n) is 6.49. The number of aliphatic carboxylic acids is 1. The van der Waals surface area contributed by atoms with Gasteiger partial charge >= 0.3 is 5.97 Å². The van der Waals surface area contributed by atoms with Gasteiger partial charge in [-0.2, -0.15) is 0 Å². The second kappa shape index (κ2) is 7.49. The Morgan fingerprint density at radius 3 is 2.39 bits per heavy atom. The van der Waals surface area contributed by atoms with Crippen molar-refractivity contribution in [2.75, 3.05) is 20.2 Å². The van der Waals surface area contributed by atoms with Crippen molar-refractivity contribution in [1.29, 1.82) is 0 Å². The largest absolute Gasteiger partial charge is 0.497 e. The van der Waals surface area contributed by atoms with Crippen molar-refractivity contribution in [3.05, 3.63) is 29.5 Å². The van der Waals surface area contributed by atoms with Crippen LogP contribution in [0.2, 0.25) is 0 Å². The van der Waals surface area contributed by atoms with Gasteiger partial charge in [0.15, 0.2) is 0 Å². The molecule has 6 heteroatoms. The minimum absolute atomic E-state index is 0.0105. The Morgan fingerprint density at radius 2 is 1.79 bits per heavy atom. The number of carbonyl (C=O) groups is 2. The molecule has 6 nitrogen and oxygen atoms in total. The molecule has 0 bridgehead atoms. The van der Waals surface area contributed by atoms with Gasteiger partial charge in [-0.25, -0.2) is 0 Å². The summed E-state index contributed by atoms with van der Waals surface area (Å²) in [5.41, 5.74) is 2.85. The smallest absolute Gasteiger partial charge is 0.306 e. The van der Waals surface area contributed by atoms with Crippen molar-refractivity contribution in [3.8, 4) is 5.75 Å². The molecule has 0 atom stereocenters. The Morgan fingerprint density at radius 1 is 1.11 bits per heavy atom. The van der Waals surface area contributed by atoms with Crippen molar-refractivity contribution in [1.82, 2.24) is 9.47 Å². The van der Waals surface area contributed by atoms with E-state index in [-0.39, 0.29) is 11.8 Å². The lowest BCUT2D eigenvalue weighted by Crippen LogP contribution is -2.40. The highest BCUT2D eigenvalue weighted by atomic mass is 16.5. The Hall–Kier alpha value is -2.50. The first-order chi connectivity index (χ1) is 13.5. The highest BCUT2D eigenvalue weighted by Gasteiger charge is 2.32. The highest BCUT2D eigenvalue weighted by molar-refractivity contribution is 6.09. The van der Waals surface area contributed by atoms with Crippen molar-refractivity contribution in [2.24, 2.45) is 5.92 Å². The average molecular weight is 384 g/mol. The van der Waals surface area contributed by atoms with E-state index >= 15 is 0 Å². The summed E-state index contributed by atoms with van der Waals surface area (Å²) in [5, 5.41) is 10.2. The zero-order chi connectivity index (χ0) is 19.8. The maximum absolute atomic E-state index is 13.5. The van der Waals surface area contributed by atoms with Crippen LogP contribution in [0.25, 0.3) is 10.9 Å². The molecule has 2 aliphatic rings. The number of benzene rings is 1. The molecule has 1 aromatic carbocycles. The first-order valence-electron chi connectivity index (χ1n) is 10.2. The number of amides is 1. The van der Waals surface area contributed by atoms with E-state index in [2.05, 4.69) is 10.6 Å². The second-order valence-electron chi connectivity index (χ2n) is 8.06. The van der Waals surface area contributed by atoms with Gasteiger partial charge in [-0.15, -0.1) is 0 Å². The topological polar surface area (TPSA) is 71.8 Å². The number of methoxy groups -OCH3 is 1. The molecule has 0 radical (unpaired) electrons.